The topological polar surface area (TPSA) is 23.6 Å². The third-order valence-corrected chi connectivity index (χ3v) is 4.47. The fourth-order valence-corrected chi connectivity index (χ4v) is 3.27. The molecule has 1 amide bonds. The molecule has 20 heavy (non-hydrogen) atoms. The summed E-state index contributed by atoms with van der Waals surface area (Å²) in [5.41, 5.74) is 3.40. The van der Waals surface area contributed by atoms with Crippen LogP contribution in [-0.4, -0.2) is 37.0 Å². The lowest BCUT2D eigenvalue weighted by atomic mass is 10.1. The number of anilines is 1. The van der Waals surface area contributed by atoms with Gasteiger partial charge in [-0.05, 0) is 30.0 Å². The second-order valence-electron chi connectivity index (χ2n) is 5.08. The van der Waals surface area contributed by atoms with Gasteiger partial charge in [0.25, 0.3) is 5.91 Å². The number of benzene rings is 1. The summed E-state index contributed by atoms with van der Waals surface area (Å²) < 4.78 is 0. The van der Waals surface area contributed by atoms with E-state index in [9.17, 15) is 4.79 Å². The Morgan fingerprint density at radius 1 is 1.10 bits per heavy atom. The second-order valence-corrected chi connectivity index (χ2v) is 5.86. The maximum atomic E-state index is 12.3. The summed E-state index contributed by atoms with van der Waals surface area (Å²) in [5, 5.41) is 3.88. The Balaban J connectivity index is 1.65. The number of carbonyl (C=O) groups excluding carboxylic acids is 1. The van der Waals surface area contributed by atoms with E-state index in [1.807, 2.05) is 21.7 Å². The quantitative estimate of drug-likeness (QED) is 0.847. The van der Waals surface area contributed by atoms with E-state index in [0.717, 1.165) is 31.7 Å². The molecule has 0 aliphatic carbocycles. The highest BCUT2D eigenvalue weighted by atomic mass is 32.1. The van der Waals surface area contributed by atoms with Crippen LogP contribution in [-0.2, 0) is 0 Å². The normalized spacial score (nSPS) is 15.4. The van der Waals surface area contributed by atoms with E-state index >= 15 is 0 Å². The Morgan fingerprint density at radius 2 is 1.85 bits per heavy atom. The summed E-state index contributed by atoms with van der Waals surface area (Å²) in [5.74, 6) is 0.163. The van der Waals surface area contributed by atoms with E-state index in [1.54, 1.807) is 11.3 Å². The zero-order valence-electron chi connectivity index (χ0n) is 11.6. The van der Waals surface area contributed by atoms with Gasteiger partial charge in [-0.2, -0.15) is 11.3 Å². The van der Waals surface area contributed by atoms with Crippen LogP contribution < -0.4 is 4.90 Å². The zero-order valence-corrected chi connectivity index (χ0v) is 12.4. The first-order valence-electron chi connectivity index (χ1n) is 6.88. The summed E-state index contributed by atoms with van der Waals surface area (Å²) in [7, 11) is 0. The monoisotopic (exact) mass is 286 g/mol. The van der Waals surface area contributed by atoms with Crippen molar-refractivity contribution < 1.29 is 4.79 Å². The molecule has 1 aromatic carbocycles. The smallest absolute Gasteiger partial charge is 0.254 e. The number of aryl methyl sites for hydroxylation is 1. The molecule has 3 nitrogen and oxygen atoms in total. The summed E-state index contributed by atoms with van der Waals surface area (Å²) in [4.78, 5) is 16.6. The van der Waals surface area contributed by atoms with E-state index in [2.05, 4.69) is 36.1 Å². The van der Waals surface area contributed by atoms with Crippen LogP contribution in [0.5, 0.6) is 0 Å². The van der Waals surface area contributed by atoms with Gasteiger partial charge in [-0.3, -0.25) is 4.79 Å². The molecule has 0 bridgehead atoms. The zero-order chi connectivity index (χ0) is 13.9. The number of para-hydroxylation sites is 1. The summed E-state index contributed by atoms with van der Waals surface area (Å²) >= 11 is 1.57. The van der Waals surface area contributed by atoms with Gasteiger partial charge < -0.3 is 9.80 Å². The number of nitrogens with zero attached hydrogens (tertiary/aromatic N) is 2. The lowest BCUT2D eigenvalue weighted by molar-refractivity contribution is 0.0747. The van der Waals surface area contributed by atoms with Gasteiger partial charge in [0, 0.05) is 37.2 Å². The number of hydrogen-bond donors (Lipinski definition) is 0. The molecule has 0 spiro atoms. The number of carbonyl (C=O) groups is 1. The average Bonchev–Trinajstić information content (AvgIpc) is 3.01. The third kappa shape index (κ3) is 2.56. The Hall–Kier alpha value is -1.81. The molecule has 0 radical (unpaired) electrons. The molecular weight excluding hydrogens is 268 g/mol. The van der Waals surface area contributed by atoms with E-state index in [0.29, 0.717) is 0 Å². The Kier molecular flexibility index (Phi) is 3.74. The molecule has 0 saturated carbocycles. The fraction of sp³-hybridized carbons (Fsp3) is 0.312. The Bertz CT molecular complexity index is 586. The minimum absolute atomic E-state index is 0.163. The first-order chi connectivity index (χ1) is 9.75. The Labute approximate surface area is 123 Å². The van der Waals surface area contributed by atoms with Gasteiger partial charge in [0.2, 0.25) is 0 Å². The van der Waals surface area contributed by atoms with Crippen LogP contribution in [0.25, 0.3) is 0 Å². The molecule has 1 fully saturated rings. The summed E-state index contributed by atoms with van der Waals surface area (Å²) in [6.45, 7) is 5.53. The number of hydrogen-bond acceptors (Lipinski definition) is 3. The van der Waals surface area contributed by atoms with Gasteiger partial charge in [-0.15, -0.1) is 0 Å². The first-order valence-corrected chi connectivity index (χ1v) is 7.82. The summed E-state index contributed by atoms with van der Waals surface area (Å²) in [6, 6.07) is 10.3. The van der Waals surface area contributed by atoms with Gasteiger partial charge in [0.15, 0.2) is 0 Å². The summed E-state index contributed by atoms with van der Waals surface area (Å²) in [6.07, 6.45) is 0. The molecule has 4 heteroatoms. The van der Waals surface area contributed by atoms with Crippen molar-refractivity contribution in [3.05, 3.63) is 52.2 Å². The van der Waals surface area contributed by atoms with Crippen molar-refractivity contribution in [3.63, 3.8) is 0 Å². The van der Waals surface area contributed by atoms with Gasteiger partial charge in [0.1, 0.15) is 0 Å². The largest absolute Gasteiger partial charge is 0.368 e. The van der Waals surface area contributed by atoms with Gasteiger partial charge in [-0.25, -0.2) is 0 Å². The predicted octanol–water partition coefficient (Wildman–Crippen LogP) is 3.02. The van der Waals surface area contributed by atoms with E-state index in [1.165, 1.54) is 11.3 Å². The molecule has 1 saturated heterocycles. The third-order valence-electron chi connectivity index (χ3n) is 3.79. The highest BCUT2D eigenvalue weighted by Crippen LogP contribution is 2.21. The molecule has 3 rings (SSSR count). The maximum absolute atomic E-state index is 12.3. The maximum Gasteiger partial charge on any atom is 0.254 e. The molecule has 2 aromatic rings. The number of amides is 1. The molecule has 0 N–H and O–H groups in total. The lowest BCUT2D eigenvalue weighted by Crippen LogP contribution is -2.48. The molecule has 1 aliphatic heterocycles. The van der Waals surface area contributed by atoms with E-state index in [-0.39, 0.29) is 5.91 Å². The molecule has 1 aliphatic rings. The van der Waals surface area contributed by atoms with E-state index < -0.39 is 0 Å². The van der Waals surface area contributed by atoms with Gasteiger partial charge in [0.05, 0.1) is 5.56 Å². The van der Waals surface area contributed by atoms with Crippen molar-refractivity contribution in [2.24, 2.45) is 0 Å². The van der Waals surface area contributed by atoms with Crippen LogP contribution >= 0.6 is 11.3 Å². The van der Waals surface area contributed by atoms with Gasteiger partial charge >= 0.3 is 0 Å². The predicted molar refractivity (Wildman–Crippen MR) is 83.6 cm³/mol. The number of rotatable bonds is 2. The van der Waals surface area contributed by atoms with Crippen molar-refractivity contribution in [2.45, 2.75) is 6.92 Å². The van der Waals surface area contributed by atoms with Crippen LogP contribution in [0.3, 0.4) is 0 Å². The van der Waals surface area contributed by atoms with Crippen molar-refractivity contribution >= 4 is 22.9 Å². The van der Waals surface area contributed by atoms with Crippen molar-refractivity contribution in [1.29, 1.82) is 0 Å². The Morgan fingerprint density at radius 3 is 2.50 bits per heavy atom. The van der Waals surface area contributed by atoms with Crippen LogP contribution in [0, 0.1) is 6.92 Å². The fourth-order valence-electron chi connectivity index (χ4n) is 2.64. The lowest BCUT2D eigenvalue weighted by Gasteiger charge is -2.36. The highest BCUT2D eigenvalue weighted by molar-refractivity contribution is 7.08. The molecular formula is C16H18N2OS. The second kappa shape index (κ2) is 5.67. The number of thiophene rings is 1. The molecule has 104 valence electrons. The van der Waals surface area contributed by atoms with Crippen LogP contribution in [0.1, 0.15) is 15.9 Å². The molecule has 2 heterocycles. The molecule has 0 unspecified atom stereocenters. The van der Waals surface area contributed by atoms with Crippen LogP contribution in [0.2, 0.25) is 0 Å². The number of piperazine rings is 1. The standard InChI is InChI=1S/C16H18N2OS/c1-13-4-2-3-5-15(13)17-7-9-18(10-8-17)16(19)14-6-11-20-12-14/h2-6,11-12H,7-10H2,1H3. The van der Waals surface area contributed by atoms with Crippen molar-refractivity contribution in [2.75, 3.05) is 31.1 Å². The SMILES string of the molecule is Cc1ccccc1N1CCN(C(=O)c2ccsc2)CC1. The highest BCUT2D eigenvalue weighted by Gasteiger charge is 2.22. The first kappa shape index (κ1) is 13.2. The van der Waals surface area contributed by atoms with Gasteiger partial charge in [-0.1, -0.05) is 18.2 Å². The minimum atomic E-state index is 0.163. The van der Waals surface area contributed by atoms with Crippen molar-refractivity contribution in [1.82, 2.24) is 4.90 Å². The molecule has 0 atom stereocenters. The molecule has 1 aromatic heterocycles. The van der Waals surface area contributed by atoms with Crippen LogP contribution in [0.15, 0.2) is 41.1 Å². The average molecular weight is 286 g/mol. The van der Waals surface area contributed by atoms with E-state index in [4.69, 9.17) is 0 Å². The van der Waals surface area contributed by atoms with Crippen LogP contribution in [0.4, 0.5) is 5.69 Å². The van der Waals surface area contributed by atoms with Crippen molar-refractivity contribution in [3.8, 4) is 0 Å². The minimum Gasteiger partial charge on any atom is -0.368 e.